The van der Waals surface area contributed by atoms with E-state index < -0.39 is 0 Å². The molecule has 1 rings (SSSR count). The smallest absolute Gasteiger partial charge is 0.227 e. The van der Waals surface area contributed by atoms with E-state index in [2.05, 4.69) is 6.58 Å². The lowest BCUT2D eigenvalue weighted by Crippen LogP contribution is -2.27. The second kappa shape index (κ2) is 2.98. The van der Waals surface area contributed by atoms with Crippen LogP contribution in [0, 0.1) is 5.41 Å². The second-order valence-electron chi connectivity index (χ2n) is 3.58. The lowest BCUT2D eigenvalue weighted by molar-refractivity contribution is -0.120. The highest BCUT2D eigenvalue weighted by Gasteiger charge is 2.33. The third kappa shape index (κ3) is 1.84. The molecule has 1 saturated carbocycles. The minimum absolute atomic E-state index is 0.190. The third-order valence-corrected chi connectivity index (χ3v) is 2.99. The highest BCUT2D eigenvalue weighted by atomic mass is 35.5. The van der Waals surface area contributed by atoms with Crippen molar-refractivity contribution < 1.29 is 4.79 Å². The van der Waals surface area contributed by atoms with E-state index in [9.17, 15) is 4.79 Å². The molecule has 0 aromatic carbocycles. The first-order valence-corrected chi connectivity index (χ1v) is 4.29. The number of rotatable bonds is 1. The predicted octanol–water partition coefficient (Wildman–Crippen LogP) is 2.89. The fourth-order valence-electron chi connectivity index (χ4n) is 1.35. The van der Waals surface area contributed by atoms with Crippen molar-refractivity contribution in [3.05, 3.63) is 12.2 Å². The molecule has 0 amide bonds. The highest BCUT2D eigenvalue weighted by Crippen LogP contribution is 2.39. The summed E-state index contributed by atoms with van der Waals surface area (Å²) in [5.41, 5.74) is 0.975. The van der Waals surface area contributed by atoms with Crippen LogP contribution in [-0.2, 0) is 4.79 Å². The molecule has 0 unspecified atom stereocenters. The van der Waals surface area contributed by atoms with Gasteiger partial charge in [-0.3, -0.25) is 4.79 Å². The molecule has 2 heteroatoms. The zero-order valence-corrected chi connectivity index (χ0v) is 7.58. The molecule has 0 atom stereocenters. The highest BCUT2D eigenvalue weighted by molar-refractivity contribution is 6.64. The number of carbonyl (C=O) groups excluding carboxylic acids is 1. The summed E-state index contributed by atoms with van der Waals surface area (Å²) < 4.78 is 0. The van der Waals surface area contributed by atoms with Crippen LogP contribution in [0.5, 0.6) is 0 Å². The summed E-state index contributed by atoms with van der Waals surface area (Å²) >= 11 is 5.48. The monoisotopic (exact) mass is 172 g/mol. The molecule has 0 aromatic rings. The van der Waals surface area contributed by atoms with Gasteiger partial charge in [0.15, 0.2) is 0 Å². The van der Waals surface area contributed by atoms with Gasteiger partial charge in [-0.15, -0.1) is 0 Å². The molecule has 0 aromatic heterocycles. The normalized spacial score (nSPS) is 23.3. The van der Waals surface area contributed by atoms with Gasteiger partial charge in [0, 0.05) is 5.41 Å². The quantitative estimate of drug-likeness (QED) is 0.439. The largest absolute Gasteiger partial charge is 0.281 e. The molecule has 62 valence electrons. The van der Waals surface area contributed by atoms with Crippen LogP contribution in [0.3, 0.4) is 0 Å². The summed E-state index contributed by atoms with van der Waals surface area (Å²) in [5.74, 6) is 0. The molecule has 0 spiro atoms. The summed E-state index contributed by atoms with van der Waals surface area (Å²) in [6, 6.07) is 0. The summed E-state index contributed by atoms with van der Waals surface area (Å²) in [7, 11) is 0. The Hall–Kier alpha value is -0.300. The SMILES string of the molecule is C=C1CCC(C)(C(=O)Cl)CC1. The van der Waals surface area contributed by atoms with Crippen LogP contribution in [0.15, 0.2) is 12.2 Å². The first-order valence-electron chi connectivity index (χ1n) is 3.91. The summed E-state index contributed by atoms with van der Waals surface area (Å²) in [6.07, 6.45) is 3.65. The van der Waals surface area contributed by atoms with Gasteiger partial charge >= 0.3 is 0 Å². The van der Waals surface area contributed by atoms with Crippen LogP contribution in [0.2, 0.25) is 0 Å². The molecule has 0 bridgehead atoms. The first-order chi connectivity index (χ1) is 5.04. The van der Waals surface area contributed by atoms with E-state index in [0.29, 0.717) is 0 Å². The van der Waals surface area contributed by atoms with Crippen molar-refractivity contribution in [1.82, 2.24) is 0 Å². The van der Waals surface area contributed by atoms with E-state index in [1.165, 1.54) is 5.57 Å². The van der Waals surface area contributed by atoms with Crippen molar-refractivity contribution in [3.8, 4) is 0 Å². The molecule has 0 N–H and O–H groups in total. The molecular formula is C9H13ClO. The molecule has 1 aliphatic carbocycles. The number of carbonyl (C=O) groups is 1. The van der Waals surface area contributed by atoms with E-state index in [1.807, 2.05) is 6.92 Å². The van der Waals surface area contributed by atoms with Gasteiger partial charge in [-0.25, -0.2) is 0 Å². The Morgan fingerprint density at radius 2 is 2.00 bits per heavy atom. The van der Waals surface area contributed by atoms with Gasteiger partial charge in [-0.1, -0.05) is 19.1 Å². The van der Waals surface area contributed by atoms with Crippen LogP contribution in [0.25, 0.3) is 0 Å². The minimum atomic E-state index is -0.275. The Morgan fingerprint density at radius 3 is 2.36 bits per heavy atom. The van der Waals surface area contributed by atoms with Gasteiger partial charge in [0.25, 0.3) is 0 Å². The molecule has 0 aliphatic heterocycles. The zero-order chi connectivity index (χ0) is 8.48. The lowest BCUT2D eigenvalue weighted by Gasteiger charge is -2.30. The molecule has 0 heterocycles. The van der Waals surface area contributed by atoms with Gasteiger partial charge in [-0.05, 0) is 37.3 Å². The average molecular weight is 173 g/mol. The third-order valence-electron chi connectivity index (χ3n) is 2.54. The van der Waals surface area contributed by atoms with Gasteiger partial charge in [0.2, 0.25) is 5.24 Å². The molecule has 1 aliphatic rings. The fourth-order valence-corrected chi connectivity index (χ4v) is 1.54. The van der Waals surface area contributed by atoms with E-state index in [1.54, 1.807) is 0 Å². The average Bonchev–Trinajstić information content (AvgIpc) is 1.95. The van der Waals surface area contributed by atoms with Crippen molar-refractivity contribution in [2.75, 3.05) is 0 Å². The van der Waals surface area contributed by atoms with Crippen LogP contribution in [0.4, 0.5) is 0 Å². The molecular weight excluding hydrogens is 160 g/mol. The number of hydrogen-bond donors (Lipinski definition) is 0. The fraction of sp³-hybridized carbons (Fsp3) is 0.667. The van der Waals surface area contributed by atoms with Crippen molar-refractivity contribution >= 4 is 16.8 Å². The van der Waals surface area contributed by atoms with Crippen LogP contribution in [-0.4, -0.2) is 5.24 Å². The van der Waals surface area contributed by atoms with Crippen molar-refractivity contribution in [3.63, 3.8) is 0 Å². The predicted molar refractivity (Wildman–Crippen MR) is 46.6 cm³/mol. The Balaban J connectivity index is 2.62. The molecule has 0 radical (unpaired) electrons. The van der Waals surface area contributed by atoms with E-state index >= 15 is 0 Å². The summed E-state index contributed by atoms with van der Waals surface area (Å²) in [4.78, 5) is 11.0. The van der Waals surface area contributed by atoms with Gasteiger partial charge in [0.05, 0.1) is 0 Å². The zero-order valence-electron chi connectivity index (χ0n) is 6.82. The van der Waals surface area contributed by atoms with Gasteiger partial charge in [0.1, 0.15) is 0 Å². The Morgan fingerprint density at radius 1 is 1.55 bits per heavy atom. The lowest BCUT2D eigenvalue weighted by atomic mass is 9.75. The summed E-state index contributed by atoms with van der Waals surface area (Å²) in [6.45, 7) is 5.82. The van der Waals surface area contributed by atoms with Gasteiger partial charge < -0.3 is 0 Å². The molecule has 11 heavy (non-hydrogen) atoms. The first kappa shape index (κ1) is 8.79. The van der Waals surface area contributed by atoms with Crippen molar-refractivity contribution in [1.29, 1.82) is 0 Å². The van der Waals surface area contributed by atoms with Crippen LogP contribution < -0.4 is 0 Å². The van der Waals surface area contributed by atoms with Crippen LogP contribution >= 0.6 is 11.6 Å². The Labute approximate surface area is 72.4 Å². The van der Waals surface area contributed by atoms with Crippen molar-refractivity contribution in [2.45, 2.75) is 32.6 Å². The number of allylic oxidation sites excluding steroid dienone is 1. The number of hydrogen-bond acceptors (Lipinski definition) is 1. The Kier molecular flexibility index (Phi) is 2.38. The van der Waals surface area contributed by atoms with Crippen molar-refractivity contribution in [2.24, 2.45) is 5.41 Å². The van der Waals surface area contributed by atoms with E-state index in [4.69, 9.17) is 11.6 Å². The maximum Gasteiger partial charge on any atom is 0.227 e. The Bertz CT molecular complexity index is 186. The summed E-state index contributed by atoms with van der Waals surface area (Å²) in [5, 5.41) is -0.190. The molecule has 1 nitrogen and oxygen atoms in total. The maximum atomic E-state index is 11.0. The minimum Gasteiger partial charge on any atom is -0.281 e. The van der Waals surface area contributed by atoms with E-state index in [0.717, 1.165) is 25.7 Å². The maximum absolute atomic E-state index is 11.0. The second-order valence-corrected chi connectivity index (χ2v) is 3.93. The van der Waals surface area contributed by atoms with E-state index in [-0.39, 0.29) is 10.7 Å². The van der Waals surface area contributed by atoms with Gasteiger partial charge in [-0.2, -0.15) is 0 Å². The number of halogens is 1. The molecule has 1 fully saturated rings. The van der Waals surface area contributed by atoms with Crippen LogP contribution in [0.1, 0.15) is 32.6 Å². The topological polar surface area (TPSA) is 17.1 Å². The molecule has 0 saturated heterocycles. The standard InChI is InChI=1S/C9H13ClO/c1-7-3-5-9(2,6-4-7)8(10)11/h1,3-6H2,2H3.